The molecule has 0 aliphatic carbocycles. The van der Waals surface area contributed by atoms with E-state index in [0.29, 0.717) is 17.2 Å². The molecule has 1 N–H and O–H groups in total. The fourth-order valence-corrected chi connectivity index (χ4v) is 4.54. The van der Waals surface area contributed by atoms with Crippen LogP contribution in [0.1, 0.15) is 120 Å². The summed E-state index contributed by atoms with van der Waals surface area (Å²) in [5.41, 5.74) is 1.66. The van der Waals surface area contributed by atoms with Crippen LogP contribution in [0.4, 0.5) is 0 Å². The van der Waals surface area contributed by atoms with Crippen molar-refractivity contribution < 1.29 is 14.1 Å². The van der Waals surface area contributed by atoms with Gasteiger partial charge in [-0.2, -0.15) is 0 Å². The standard InChI is InChI=1S/C30H45ClN2O2/c1-4-7-8-9-10-11-12-13-14-15-23-35-29-17-16-26(24-27(29)31)28(6-3)32-30(34)25-18-21-33(20-5-2)22-19-25/h16-19,21-22,24,28H,4-15,20,23H2,1-3H3/p+1. The molecular formula is C30H46ClN2O2+. The van der Waals surface area contributed by atoms with E-state index >= 15 is 0 Å². The first kappa shape index (κ1) is 29.2. The number of hydrogen-bond donors (Lipinski definition) is 1. The number of halogens is 1. The zero-order valence-corrected chi connectivity index (χ0v) is 22.9. The van der Waals surface area contributed by atoms with Crippen molar-refractivity contribution in [1.82, 2.24) is 5.32 Å². The summed E-state index contributed by atoms with van der Waals surface area (Å²) in [6.07, 6.45) is 18.8. The Kier molecular flexibility index (Phi) is 14.5. The largest absolute Gasteiger partial charge is 0.492 e. The van der Waals surface area contributed by atoms with E-state index in [9.17, 15) is 4.79 Å². The first-order valence-corrected chi connectivity index (χ1v) is 14.2. The Bertz CT molecular complexity index is 854. The van der Waals surface area contributed by atoms with Crippen molar-refractivity contribution >= 4 is 17.5 Å². The van der Waals surface area contributed by atoms with Gasteiger partial charge in [-0.05, 0) is 30.5 Å². The molecule has 5 heteroatoms. The number of aromatic nitrogens is 1. The molecule has 0 saturated carbocycles. The van der Waals surface area contributed by atoms with Crippen molar-refractivity contribution in [1.29, 1.82) is 0 Å². The summed E-state index contributed by atoms with van der Waals surface area (Å²) in [4.78, 5) is 12.8. The fourth-order valence-electron chi connectivity index (χ4n) is 4.30. The molecule has 0 saturated heterocycles. The summed E-state index contributed by atoms with van der Waals surface area (Å²) in [6.45, 7) is 8.11. The number of carbonyl (C=O) groups is 1. The highest BCUT2D eigenvalue weighted by atomic mass is 35.5. The van der Waals surface area contributed by atoms with Gasteiger partial charge in [0.1, 0.15) is 12.3 Å². The minimum absolute atomic E-state index is 0.0714. The fraction of sp³-hybridized carbons (Fsp3) is 0.600. The van der Waals surface area contributed by atoms with E-state index < -0.39 is 0 Å². The smallest absolute Gasteiger partial charge is 0.252 e. The van der Waals surface area contributed by atoms with Crippen LogP contribution in [0.5, 0.6) is 5.75 Å². The number of nitrogens with zero attached hydrogens (tertiary/aromatic N) is 1. The minimum atomic E-state index is -0.0982. The van der Waals surface area contributed by atoms with E-state index in [1.807, 2.05) is 42.7 Å². The molecule has 194 valence electrons. The number of benzene rings is 1. The van der Waals surface area contributed by atoms with Crippen LogP contribution in [0.15, 0.2) is 42.7 Å². The molecule has 0 bridgehead atoms. The molecule has 4 nitrogen and oxygen atoms in total. The second-order valence-corrected chi connectivity index (χ2v) is 9.89. The monoisotopic (exact) mass is 501 g/mol. The van der Waals surface area contributed by atoms with Crippen molar-refractivity contribution in [3.63, 3.8) is 0 Å². The molecule has 1 amide bonds. The third-order valence-corrected chi connectivity index (χ3v) is 6.76. The molecule has 35 heavy (non-hydrogen) atoms. The number of unbranched alkanes of at least 4 members (excludes halogenated alkanes) is 9. The van der Waals surface area contributed by atoms with E-state index in [1.165, 1.54) is 57.8 Å². The number of hydrogen-bond acceptors (Lipinski definition) is 2. The summed E-state index contributed by atoms with van der Waals surface area (Å²) in [5, 5.41) is 3.74. The Morgan fingerprint density at radius 1 is 0.886 bits per heavy atom. The summed E-state index contributed by atoms with van der Waals surface area (Å²) in [6, 6.07) is 9.50. The summed E-state index contributed by atoms with van der Waals surface area (Å²) >= 11 is 6.52. The van der Waals surface area contributed by atoms with Crippen molar-refractivity contribution in [3.05, 3.63) is 58.9 Å². The first-order chi connectivity index (χ1) is 17.1. The second kappa shape index (κ2) is 17.4. The maximum atomic E-state index is 12.8. The van der Waals surface area contributed by atoms with Gasteiger partial charge in [0, 0.05) is 18.6 Å². The molecule has 2 rings (SSSR count). The van der Waals surface area contributed by atoms with Gasteiger partial charge >= 0.3 is 0 Å². The molecule has 0 spiro atoms. The van der Waals surface area contributed by atoms with Gasteiger partial charge in [0.15, 0.2) is 12.4 Å². The third kappa shape index (κ3) is 11.0. The van der Waals surface area contributed by atoms with Crippen LogP contribution >= 0.6 is 11.6 Å². The SMILES string of the molecule is CCCCCCCCCCCCOc1ccc(C(CC)NC(=O)c2cc[n+](CCC)cc2)cc1Cl. The number of pyridine rings is 1. The third-order valence-electron chi connectivity index (χ3n) is 6.46. The van der Waals surface area contributed by atoms with Crippen molar-refractivity contribution in [2.24, 2.45) is 0 Å². The van der Waals surface area contributed by atoms with E-state index in [-0.39, 0.29) is 11.9 Å². The van der Waals surface area contributed by atoms with Crippen LogP contribution in [0.25, 0.3) is 0 Å². The molecule has 0 aliphatic heterocycles. The van der Waals surface area contributed by atoms with Gasteiger partial charge in [-0.15, -0.1) is 0 Å². The van der Waals surface area contributed by atoms with Gasteiger partial charge in [0.05, 0.1) is 23.2 Å². The Morgan fingerprint density at radius 3 is 2.09 bits per heavy atom. The van der Waals surface area contributed by atoms with E-state index in [2.05, 4.69) is 30.7 Å². The number of carbonyl (C=O) groups excluding carboxylic acids is 1. The lowest BCUT2D eigenvalue weighted by Crippen LogP contribution is -2.34. The minimum Gasteiger partial charge on any atom is -0.492 e. The van der Waals surface area contributed by atoms with Crippen LogP contribution in [0, 0.1) is 0 Å². The highest BCUT2D eigenvalue weighted by Crippen LogP contribution is 2.29. The predicted octanol–water partition coefficient (Wildman–Crippen LogP) is 8.22. The Hall–Kier alpha value is -2.07. The van der Waals surface area contributed by atoms with Crippen LogP contribution in [0.3, 0.4) is 0 Å². The predicted molar refractivity (Wildman–Crippen MR) is 146 cm³/mol. The molecule has 0 fully saturated rings. The number of aryl methyl sites for hydroxylation is 1. The zero-order valence-electron chi connectivity index (χ0n) is 22.2. The van der Waals surface area contributed by atoms with Gasteiger partial charge in [-0.1, -0.05) is 96.2 Å². The van der Waals surface area contributed by atoms with Gasteiger partial charge in [0.2, 0.25) is 0 Å². The van der Waals surface area contributed by atoms with E-state index in [0.717, 1.165) is 37.1 Å². The average Bonchev–Trinajstić information content (AvgIpc) is 2.87. The Labute approximate surface area is 218 Å². The molecule has 1 unspecified atom stereocenters. The Balaban J connectivity index is 1.74. The molecule has 0 radical (unpaired) electrons. The van der Waals surface area contributed by atoms with Crippen molar-refractivity contribution in [3.8, 4) is 5.75 Å². The van der Waals surface area contributed by atoms with Gasteiger partial charge < -0.3 is 10.1 Å². The van der Waals surface area contributed by atoms with Crippen LogP contribution < -0.4 is 14.6 Å². The van der Waals surface area contributed by atoms with Crippen LogP contribution in [0.2, 0.25) is 5.02 Å². The molecule has 1 aromatic heterocycles. The molecule has 1 heterocycles. The Morgan fingerprint density at radius 2 is 1.51 bits per heavy atom. The normalized spacial score (nSPS) is 11.9. The summed E-state index contributed by atoms with van der Waals surface area (Å²) < 4.78 is 8.02. The number of rotatable bonds is 18. The zero-order chi connectivity index (χ0) is 25.3. The van der Waals surface area contributed by atoms with Crippen molar-refractivity contribution in [2.45, 2.75) is 110 Å². The van der Waals surface area contributed by atoms with Crippen LogP contribution in [-0.4, -0.2) is 12.5 Å². The molecule has 1 atom stereocenters. The van der Waals surface area contributed by atoms with Crippen LogP contribution in [-0.2, 0) is 6.54 Å². The maximum absolute atomic E-state index is 12.8. The van der Waals surface area contributed by atoms with E-state index in [1.54, 1.807) is 0 Å². The van der Waals surface area contributed by atoms with E-state index in [4.69, 9.17) is 16.3 Å². The van der Waals surface area contributed by atoms with Gasteiger partial charge in [0.25, 0.3) is 5.91 Å². The summed E-state index contributed by atoms with van der Waals surface area (Å²) in [7, 11) is 0. The first-order valence-electron chi connectivity index (χ1n) is 13.8. The topological polar surface area (TPSA) is 42.2 Å². The lowest BCUT2D eigenvalue weighted by atomic mass is 10.0. The van der Waals surface area contributed by atoms with Gasteiger partial charge in [-0.25, -0.2) is 4.57 Å². The summed E-state index contributed by atoms with van der Waals surface area (Å²) in [5.74, 6) is 0.647. The number of ether oxygens (including phenoxy) is 1. The molecule has 1 aromatic carbocycles. The quantitative estimate of drug-likeness (QED) is 0.165. The number of amides is 1. The van der Waals surface area contributed by atoms with Gasteiger partial charge in [-0.3, -0.25) is 4.79 Å². The lowest BCUT2D eigenvalue weighted by Gasteiger charge is -2.19. The second-order valence-electron chi connectivity index (χ2n) is 9.48. The number of nitrogens with one attached hydrogen (secondary N) is 1. The molecule has 0 aliphatic rings. The molecule has 2 aromatic rings. The lowest BCUT2D eigenvalue weighted by molar-refractivity contribution is -0.697. The highest BCUT2D eigenvalue weighted by molar-refractivity contribution is 6.32. The average molecular weight is 502 g/mol. The molecular weight excluding hydrogens is 456 g/mol. The highest BCUT2D eigenvalue weighted by Gasteiger charge is 2.16. The van der Waals surface area contributed by atoms with Crippen molar-refractivity contribution in [2.75, 3.05) is 6.61 Å². The maximum Gasteiger partial charge on any atom is 0.252 e.